The van der Waals surface area contributed by atoms with Gasteiger partial charge in [0.05, 0.1) is 18.1 Å². The molecule has 1 aliphatic heterocycles. The highest BCUT2D eigenvalue weighted by atomic mass is 127. The van der Waals surface area contributed by atoms with Gasteiger partial charge >= 0.3 is 0 Å². The number of piperazine rings is 1. The van der Waals surface area contributed by atoms with E-state index in [1.54, 1.807) is 7.05 Å². The first-order valence-electron chi connectivity index (χ1n) is 9.29. The number of amides is 1. The Morgan fingerprint density at radius 2 is 2.07 bits per heavy atom. The van der Waals surface area contributed by atoms with E-state index in [2.05, 4.69) is 49.7 Å². The molecule has 1 amide bonds. The maximum absolute atomic E-state index is 11.6. The van der Waals surface area contributed by atoms with E-state index in [0.29, 0.717) is 26.2 Å². The third-order valence-corrected chi connectivity index (χ3v) is 5.04. The third kappa shape index (κ3) is 6.27. The van der Waals surface area contributed by atoms with Crippen LogP contribution in [0.4, 0.5) is 5.69 Å². The Balaban J connectivity index is 0.00000300. The van der Waals surface area contributed by atoms with Crippen LogP contribution in [0.5, 0.6) is 0 Å². The van der Waals surface area contributed by atoms with E-state index in [-0.39, 0.29) is 29.9 Å². The lowest BCUT2D eigenvalue weighted by atomic mass is 10.2. The average molecular weight is 531 g/mol. The van der Waals surface area contributed by atoms with Gasteiger partial charge in [-0.2, -0.15) is 0 Å². The van der Waals surface area contributed by atoms with Gasteiger partial charge in [0, 0.05) is 58.4 Å². The summed E-state index contributed by atoms with van der Waals surface area (Å²) in [6, 6.07) is 10.3. The molecule has 9 heteroatoms. The van der Waals surface area contributed by atoms with Gasteiger partial charge in [-0.3, -0.25) is 9.79 Å². The molecule has 0 aliphatic carbocycles. The second-order valence-corrected chi connectivity index (χ2v) is 7.39. The monoisotopic (exact) mass is 530 g/mol. The van der Waals surface area contributed by atoms with Gasteiger partial charge in [0.1, 0.15) is 0 Å². The van der Waals surface area contributed by atoms with Crippen LogP contribution in [-0.4, -0.2) is 55.1 Å². The predicted molar refractivity (Wildman–Crippen MR) is 129 cm³/mol. The van der Waals surface area contributed by atoms with Gasteiger partial charge in [0.2, 0.25) is 5.91 Å². The molecule has 1 saturated heterocycles. The van der Waals surface area contributed by atoms with E-state index in [0.717, 1.165) is 34.5 Å². The number of nitrogens with one attached hydrogen (secondary N) is 2. The second-order valence-electron chi connectivity index (χ2n) is 6.96. The van der Waals surface area contributed by atoms with Crippen molar-refractivity contribution in [2.24, 2.45) is 12.0 Å². The number of aromatic nitrogens is 1. The molecule has 1 aromatic carbocycles. The largest absolute Gasteiger partial charge is 0.360 e. The molecule has 29 heavy (non-hydrogen) atoms. The molecule has 1 aromatic heterocycles. The molecule has 0 spiro atoms. The number of anilines is 1. The number of halogens is 2. The molecule has 0 radical (unpaired) electrons. The van der Waals surface area contributed by atoms with Crippen LogP contribution < -0.4 is 15.5 Å². The van der Waals surface area contributed by atoms with Crippen LogP contribution in [-0.2, 0) is 24.9 Å². The molecule has 1 fully saturated rings. The maximum atomic E-state index is 11.6. The zero-order valence-electron chi connectivity index (χ0n) is 17.0. The number of aryl methyl sites for hydroxylation is 1. The van der Waals surface area contributed by atoms with Crippen molar-refractivity contribution in [1.29, 1.82) is 0 Å². The Bertz CT molecular complexity index is 851. The summed E-state index contributed by atoms with van der Waals surface area (Å²) in [5, 5.41) is 6.98. The lowest BCUT2D eigenvalue weighted by Crippen LogP contribution is -2.47. The summed E-state index contributed by atoms with van der Waals surface area (Å²) in [7, 11) is 5.76. The SMILES string of the molecule is CN=C(NCc1ccc(N2CCNC(=O)C2)cc1)N(C)Cc1cc(Cl)cn1C.I. The van der Waals surface area contributed by atoms with Crippen LogP contribution in [0.3, 0.4) is 0 Å². The normalized spacial score (nSPS) is 14.3. The second kappa shape index (κ2) is 10.7. The number of rotatable bonds is 5. The number of carbonyl (C=O) groups excluding carboxylic acids is 1. The lowest BCUT2D eigenvalue weighted by Gasteiger charge is -2.28. The van der Waals surface area contributed by atoms with Crippen LogP contribution in [0, 0.1) is 0 Å². The molecule has 0 unspecified atom stereocenters. The summed E-state index contributed by atoms with van der Waals surface area (Å²) >= 11 is 6.07. The maximum Gasteiger partial charge on any atom is 0.239 e. The summed E-state index contributed by atoms with van der Waals surface area (Å²) in [6.45, 7) is 3.32. The minimum absolute atomic E-state index is 0. The summed E-state index contributed by atoms with van der Waals surface area (Å²) in [6.07, 6.45) is 1.90. The number of carbonyl (C=O) groups is 1. The molecule has 0 bridgehead atoms. The standard InChI is InChI=1S/C20H27ClN6O.HI/c1-22-20(26(3)13-18-10-16(21)12-25(18)2)24-11-15-4-6-17(7-5-15)27-9-8-23-19(28)14-27;/h4-7,10,12H,8-9,11,13-14H2,1-3H3,(H,22,24)(H,23,28);1H. The van der Waals surface area contributed by atoms with Crippen LogP contribution in [0.2, 0.25) is 5.02 Å². The van der Waals surface area contributed by atoms with Crippen molar-refractivity contribution in [3.8, 4) is 0 Å². The highest BCUT2D eigenvalue weighted by Crippen LogP contribution is 2.16. The van der Waals surface area contributed by atoms with E-state index in [1.807, 2.05) is 30.9 Å². The summed E-state index contributed by atoms with van der Waals surface area (Å²) in [5.74, 6) is 0.887. The quantitative estimate of drug-likeness (QED) is 0.354. The summed E-state index contributed by atoms with van der Waals surface area (Å²) < 4.78 is 2.02. The van der Waals surface area contributed by atoms with Gasteiger partial charge in [-0.15, -0.1) is 24.0 Å². The fourth-order valence-corrected chi connectivity index (χ4v) is 3.56. The van der Waals surface area contributed by atoms with Crippen LogP contribution in [0.1, 0.15) is 11.3 Å². The molecule has 158 valence electrons. The van der Waals surface area contributed by atoms with E-state index >= 15 is 0 Å². The Morgan fingerprint density at radius 3 is 2.66 bits per heavy atom. The topological polar surface area (TPSA) is 64.9 Å². The molecular formula is C20H28ClIN6O. The molecular weight excluding hydrogens is 503 g/mol. The van der Waals surface area contributed by atoms with Crippen molar-refractivity contribution in [2.75, 3.05) is 38.6 Å². The zero-order chi connectivity index (χ0) is 20.1. The molecule has 2 N–H and O–H groups in total. The molecule has 0 saturated carbocycles. The highest BCUT2D eigenvalue weighted by molar-refractivity contribution is 14.0. The van der Waals surface area contributed by atoms with E-state index in [1.165, 1.54) is 0 Å². The van der Waals surface area contributed by atoms with Crippen molar-refractivity contribution in [1.82, 2.24) is 20.1 Å². The highest BCUT2D eigenvalue weighted by Gasteiger charge is 2.16. The first kappa shape index (κ1) is 23.3. The van der Waals surface area contributed by atoms with Crippen LogP contribution in [0.15, 0.2) is 41.5 Å². The molecule has 1 aliphatic rings. The summed E-state index contributed by atoms with van der Waals surface area (Å²) in [4.78, 5) is 20.1. The number of aliphatic imine (C=N–C) groups is 1. The lowest BCUT2D eigenvalue weighted by molar-refractivity contribution is -0.120. The van der Waals surface area contributed by atoms with E-state index in [9.17, 15) is 4.79 Å². The minimum Gasteiger partial charge on any atom is -0.360 e. The molecule has 2 heterocycles. The van der Waals surface area contributed by atoms with Crippen molar-refractivity contribution in [3.05, 3.63) is 52.8 Å². The van der Waals surface area contributed by atoms with E-state index < -0.39 is 0 Å². The van der Waals surface area contributed by atoms with Crippen molar-refractivity contribution in [3.63, 3.8) is 0 Å². The molecule has 7 nitrogen and oxygen atoms in total. The van der Waals surface area contributed by atoms with E-state index in [4.69, 9.17) is 11.6 Å². The number of guanidine groups is 1. The Kier molecular flexibility index (Phi) is 8.63. The third-order valence-electron chi connectivity index (χ3n) is 4.84. The number of hydrogen-bond donors (Lipinski definition) is 2. The molecule has 0 atom stereocenters. The minimum atomic E-state index is 0. The van der Waals surface area contributed by atoms with Gasteiger partial charge in [-0.25, -0.2) is 0 Å². The van der Waals surface area contributed by atoms with Gasteiger partial charge in [0.15, 0.2) is 5.96 Å². The molecule has 2 aromatic rings. The van der Waals surface area contributed by atoms with Crippen molar-refractivity contribution < 1.29 is 4.79 Å². The zero-order valence-corrected chi connectivity index (χ0v) is 20.1. The van der Waals surface area contributed by atoms with Gasteiger partial charge in [-0.1, -0.05) is 23.7 Å². The predicted octanol–water partition coefficient (Wildman–Crippen LogP) is 2.44. The van der Waals surface area contributed by atoms with Crippen LogP contribution >= 0.6 is 35.6 Å². The average Bonchev–Trinajstić information content (AvgIpc) is 2.99. The smallest absolute Gasteiger partial charge is 0.239 e. The van der Waals surface area contributed by atoms with Crippen molar-refractivity contribution >= 4 is 53.1 Å². The first-order chi connectivity index (χ1) is 13.5. The number of hydrogen-bond acceptors (Lipinski definition) is 3. The van der Waals surface area contributed by atoms with Gasteiger partial charge in [0.25, 0.3) is 0 Å². The number of benzene rings is 1. The van der Waals surface area contributed by atoms with Crippen molar-refractivity contribution in [2.45, 2.75) is 13.1 Å². The number of nitrogens with zero attached hydrogens (tertiary/aromatic N) is 4. The molecule has 3 rings (SSSR count). The van der Waals surface area contributed by atoms with Crippen LogP contribution in [0.25, 0.3) is 0 Å². The summed E-state index contributed by atoms with van der Waals surface area (Å²) in [5.41, 5.74) is 3.34. The Labute approximate surface area is 194 Å². The fourth-order valence-electron chi connectivity index (χ4n) is 3.29. The Morgan fingerprint density at radius 1 is 1.34 bits per heavy atom. The van der Waals surface area contributed by atoms with Gasteiger partial charge in [-0.05, 0) is 23.8 Å². The Hall–Kier alpha value is -1.94. The van der Waals surface area contributed by atoms with Gasteiger partial charge < -0.3 is 25.0 Å². The fraction of sp³-hybridized carbons (Fsp3) is 0.400. The first-order valence-corrected chi connectivity index (χ1v) is 9.67.